The number of fused-ring (bicyclic) bond motifs is 3. The maximum absolute atomic E-state index is 13.4. The zero-order valence-corrected chi connectivity index (χ0v) is 18.1. The summed E-state index contributed by atoms with van der Waals surface area (Å²) in [6.07, 6.45) is -4.18. The molecular formula is C24H27F4N3O. The van der Waals surface area contributed by atoms with Crippen molar-refractivity contribution in [3.05, 3.63) is 59.4 Å². The van der Waals surface area contributed by atoms with E-state index in [1.807, 2.05) is 13.8 Å². The summed E-state index contributed by atoms with van der Waals surface area (Å²) in [7, 11) is 0. The van der Waals surface area contributed by atoms with E-state index in [4.69, 9.17) is 0 Å². The van der Waals surface area contributed by atoms with Crippen LogP contribution in [0.4, 0.5) is 28.9 Å². The van der Waals surface area contributed by atoms with E-state index in [2.05, 4.69) is 15.1 Å². The first-order valence-electron chi connectivity index (χ1n) is 10.9. The number of halogens is 4. The molecule has 172 valence electrons. The minimum atomic E-state index is -4.43. The molecular weight excluding hydrogens is 422 g/mol. The van der Waals surface area contributed by atoms with E-state index in [0.717, 1.165) is 17.4 Å². The van der Waals surface area contributed by atoms with Crippen molar-refractivity contribution in [1.82, 2.24) is 5.32 Å². The molecule has 8 heteroatoms. The third-order valence-corrected chi connectivity index (χ3v) is 6.25. The monoisotopic (exact) mass is 449 g/mol. The van der Waals surface area contributed by atoms with Gasteiger partial charge in [-0.2, -0.15) is 13.2 Å². The second kappa shape index (κ2) is 8.64. The van der Waals surface area contributed by atoms with E-state index in [1.54, 1.807) is 12.1 Å². The topological polar surface area (TPSA) is 35.6 Å². The van der Waals surface area contributed by atoms with Gasteiger partial charge in [0.15, 0.2) is 0 Å². The van der Waals surface area contributed by atoms with Crippen molar-refractivity contribution in [2.24, 2.45) is 11.8 Å². The molecule has 0 saturated carbocycles. The van der Waals surface area contributed by atoms with E-state index in [0.29, 0.717) is 31.7 Å². The molecule has 0 aromatic heterocycles. The molecule has 2 atom stereocenters. The maximum atomic E-state index is 13.4. The molecule has 2 aromatic rings. The molecule has 2 heterocycles. The number of hydrogen-bond donors (Lipinski definition) is 1. The third kappa shape index (κ3) is 4.54. The fourth-order valence-corrected chi connectivity index (χ4v) is 4.62. The Morgan fingerprint density at radius 1 is 1.12 bits per heavy atom. The number of carbonyl (C=O) groups is 1. The van der Waals surface area contributed by atoms with Crippen LogP contribution in [-0.4, -0.2) is 38.1 Å². The van der Waals surface area contributed by atoms with Crippen molar-refractivity contribution in [1.29, 1.82) is 0 Å². The van der Waals surface area contributed by atoms with Gasteiger partial charge >= 0.3 is 6.18 Å². The van der Waals surface area contributed by atoms with Gasteiger partial charge in [-0.1, -0.05) is 13.8 Å². The van der Waals surface area contributed by atoms with Crippen LogP contribution in [0.5, 0.6) is 0 Å². The summed E-state index contributed by atoms with van der Waals surface area (Å²) in [5.41, 5.74) is 1.48. The highest BCUT2D eigenvalue weighted by atomic mass is 19.4. The van der Waals surface area contributed by atoms with Gasteiger partial charge in [-0.15, -0.1) is 0 Å². The molecule has 32 heavy (non-hydrogen) atoms. The summed E-state index contributed by atoms with van der Waals surface area (Å²) in [5, 5.41) is 2.97. The van der Waals surface area contributed by atoms with Crippen LogP contribution < -0.4 is 15.1 Å². The number of amides is 1. The molecule has 0 radical (unpaired) electrons. The van der Waals surface area contributed by atoms with Crippen LogP contribution in [0.3, 0.4) is 0 Å². The van der Waals surface area contributed by atoms with Crippen LogP contribution in [-0.2, 0) is 17.4 Å². The molecule has 0 aliphatic carbocycles. The predicted molar refractivity (Wildman–Crippen MR) is 116 cm³/mol. The Bertz CT molecular complexity index is 974. The van der Waals surface area contributed by atoms with Crippen molar-refractivity contribution in [2.45, 2.75) is 32.5 Å². The van der Waals surface area contributed by atoms with Crippen molar-refractivity contribution in [3.8, 4) is 0 Å². The highest BCUT2D eigenvalue weighted by Gasteiger charge is 2.42. The van der Waals surface area contributed by atoms with Crippen molar-refractivity contribution in [2.75, 3.05) is 36.0 Å². The standard InChI is InChI=1S/C24H27F4N3O/c1-15(2)13-29-23(32)20-12-16-11-17(24(26,27)28)3-8-21(16)31-10-9-30(14-22(20)31)19-6-4-18(25)5-7-19/h3-8,11,15,20,22H,9-10,12-14H2,1-2H3,(H,29,32)/t20-,22-/m1/s1. The van der Waals surface area contributed by atoms with Crippen molar-refractivity contribution in [3.63, 3.8) is 0 Å². The zero-order chi connectivity index (χ0) is 23.0. The van der Waals surface area contributed by atoms with Crippen LogP contribution in [0.15, 0.2) is 42.5 Å². The molecule has 0 spiro atoms. The number of anilines is 2. The molecule has 4 nitrogen and oxygen atoms in total. The number of nitrogens with one attached hydrogen (secondary N) is 1. The van der Waals surface area contributed by atoms with Crippen LogP contribution >= 0.6 is 0 Å². The second-order valence-electron chi connectivity index (χ2n) is 8.97. The Balaban J connectivity index is 1.66. The second-order valence-corrected chi connectivity index (χ2v) is 8.97. The molecule has 1 N–H and O–H groups in total. The Morgan fingerprint density at radius 3 is 2.50 bits per heavy atom. The van der Waals surface area contributed by atoms with Gasteiger partial charge in [0.1, 0.15) is 5.82 Å². The molecule has 1 fully saturated rings. The predicted octanol–water partition coefficient (Wildman–Crippen LogP) is 4.48. The number of alkyl halides is 3. The first kappa shape index (κ1) is 22.4. The molecule has 2 aliphatic rings. The summed E-state index contributed by atoms with van der Waals surface area (Å²) in [6.45, 7) is 6.23. The number of benzene rings is 2. The normalized spacial score (nSPS) is 20.7. The minimum Gasteiger partial charge on any atom is -0.368 e. The summed E-state index contributed by atoms with van der Waals surface area (Å²) in [4.78, 5) is 17.3. The van der Waals surface area contributed by atoms with Crippen LogP contribution in [0.2, 0.25) is 0 Å². The van der Waals surface area contributed by atoms with Gasteiger partial charge in [0.2, 0.25) is 5.91 Å². The molecule has 2 aromatic carbocycles. The van der Waals surface area contributed by atoms with Crippen molar-refractivity contribution < 1.29 is 22.4 Å². The SMILES string of the molecule is CC(C)CNC(=O)[C@@H]1Cc2cc(C(F)(F)F)ccc2N2CCN(c3ccc(F)cc3)C[C@H]12. The largest absolute Gasteiger partial charge is 0.416 e. The Kier molecular flexibility index (Phi) is 6.05. The molecule has 0 bridgehead atoms. The van der Waals surface area contributed by atoms with Gasteiger partial charge in [0, 0.05) is 37.6 Å². The molecule has 2 aliphatic heterocycles. The summed E-state index contributed by atoms with van der Waals surface area (Å²) < 4.78 is 53.3. The van der Waals surface area contributed by atoms with Crippen LogP contribution in [0.25, 0.3) is 0 Å². The van der Waals surface area contributed by atoms with Gasteiger partial charge in [-0.05, 0) is 60.4 Å². The number of rotatable bonds is 4. The fraction of sp³-hybridized carbons (Fsp3) is 0.458. The quantitative estimate of drug-likeness (QED) is 0.699. The lowest BCUT2D eigenvalue weighted by Crippen LogP contribution is -2.61. The van der Waals surface area contributed by atoms with Gasteiger partial charge in [0.05, 0.1) is 17.5 Å². The summed E-state index contributed by atoms with van der Waals surface area (Å²) in [5.74, 6) is -0.666. The summed E-state index contributed by atoms with van der Waals surface area (Å²) >= 11 is 0. The molecule has 1 saturated heterocycles. The Labute approximate surface area is 185 Å². The molecule has 0 unspecified atom stereocenters. The van der Waals surface area contributed by atoms with Crippen molar-refractivity contribution >= 4 is 17.3 Å². The number of hydrogen-bond acceptors (Lipinski definition) is 3. The van der Waals surface area contributed by atoms with Gasteiger partial charge in [-0.3, -0.25) is 4.79 Å². The lowest BCUT2D eigenvalue weighted by molar-refractivity contribution is -0.137. The maximum Gasteiger partial charge on any atom is 0.416 e. The Hall–Kier alpha value is -2.77. The van der Waals surface area contributed by atoms with Gasteiger partial charge in [-0.25, -0.2) is 4.39 Å². The van der Waals surface area contributed by atoms with Crippen LogP contribution in [0.1, 0.15) is 25.0 Å². The Morgan fingerprint density at radius 2 is 1.84 bits per heavy atom. The average Bonchev–Trinajstić information content (AvgIpc) is 2.76. The van der Waals surface area contributed by atoms with E-state index in [9.17, 15) is 22.4 Å². The van der Waals surface area contributed by atoms with E-state index in [1.165, 1.54) is 24.3 Å². The lowest BCUT2D eigenvalue weighted by Gasteiger charge is -2.49. The molecule has 4 rings (SSSR count). The smallest absolute Gasteiger partial charge is 0.368 e. The third-order valence-electron chi connectivity index (χ3n) is 6.25. The number of nitrogens with zero attached hydrogens (tertiary/aromatic N) is 2. The highest BCUT2D eigenvalue weighted by molar-refractivity contribution is 5.82. The van der Waals surface area contributed by atoms with Gasteiger partial charge in [0.25, 0.3) is 0 Å². The highest BCUT2D eigenvalue weighted by Crippen LogP contribution is 2.40. The van der Waals surface area contributed by atoms with Gasteiger partial charge < -0.3 is 15.1 Å². The van der Waals surface area contributed by atoms with E-state index < -0.39 is 17.7 Å². The van der Waals surface area contributed by atoms with E-state index in [-0.39, 0.29) is 30.1 Å². The summed E-state index contributed by atoms with van der Waals surface area (Å²) in [6, 6.07) is 9.87. The first-order valence-corrected chi connectivity index (χ1v) is 10.9. The fourth-order valence-electron chi connectivity index (χ4n) is 4.62. The zero-order valence-electron chi connectivity index (χ0n) is 18.1. The number of piperazine rings is 1. The lowest BCUT2D eigenvalue weighted by atomic mass is 9.82. The number of carbonyl (C=O) groups excluding carboxylic acids is 1. The molecule has 1 amide bonds. The van der Waals surface area contributed by atoms with Crippen LogP contribution in [0, 0.1) is 17.7 Å². The average molecular weight is 449 g/mol. The minimum absolute atomic E-state index is 0.141. The van der Waals surface area contributed by atoms with E-state index >= 15 is 0 Å². The first-order chi connectivity index (χ1) is 15.1.